The maximum atomic E-state index is 13.4. The third-order valence-corrected chi connectivity index (χ3v) is 3.93. The molecule has 0 saturated carbocycles. The highest BCUT2D eigenvalue weighted by molar-refractivity contribution is 5.23. The zero-order valence-electron chi connectivity index (χ0n) is 12.1. The van der Waals surface area contributed by atoms with Crippen LogP contribution in [0.25, 0.3) is 0 Å². The number of hydrogen-bond acceptors (Lipinski definition) is 3. The molecule has 1 saturated heterocycles. The Morgan fingerprint density at radius 3 is 2.29 bits per heavy atom. The van der Waals surface area contributed by atoms with Crippen molar-refractivity contribution in [2.75, 3.05) is 26.2 Å². The van der Waals surface area contributed by atoms with E-state index in [0.717, 1.165) is 38.1 Å². The Balaban J connectivity index is 2.10. The molecule has 2 rings (SSSR count). The Morgan fingerprint density at radius 1 is 1.24 bits per heavy atom. The zero-order chi connectivity index (χ0) is 15.4. The number of nitrogens with two attached hydrogens (primary N) is 1. The number of likely N-dealkylation sites (tertiary alicyclic amines) is 1. The highest BCUT2D eigenvalue weighted by Gasteiger charge is 2.27. The van der Waals surface area contributed by atoms with Gasteiger partial charge in [-0.05, 0) is 37.5 Å². The third-order valence-electron chi connectivity index (χ3n) is 3.93. The van der Waals surface area contributed by atoms with Crippen molar-refractivity contribution < 1.29 is 17.9 Å². The molecule has 0 bridgehead atoms. The number of piperidine rings is 1. The lowest BCUT2D eigenvalue weighted by molar-refractivity contribution is 0.00444. The Labute approximate surface area is 122 Å². The summed E-state index contributed by atoms with van der Waals surface area (Å²) >= 11 is 0. The maximum absolute atomic E-state index is 13.4. The molecule has 3 nitrogen and oxygen atoms in total. The summed E-state index contributed by atoms with van der Waals surface area (Å²) in [6.45, 7) is 4.35. The maximum Gasteiger partial charge on any atom is 0.194 e. The lowest BCUT2D eigenvalue weighted by atomic mass is 10.00. The highest BCUT2D eigenvalue weighted by Crippen LogP contribution is 2.27. The van der Waals surface area contributed by atoms with Gasteiger partial charge in [0, 0.05) is 32.3 Å². The van der Waals surface area contributed by atoms with Crippen molar-refractivity contribution in [2.45, 2.75) is 31.9 Å². The first-order valence-electron chi connectivity index (χ1n) is 7.27. The van der Waals surface area contributed by atoms with Crippen molar-refractivity contribution in [3.8, 4) is 0 Å². The van der Waals surface area contributed by atoms with E-state index in [9.17, 15) is 13.2 Å². The van der Waals surface area contributed by atoms with Crippen LogP contribution >= 0.6 is 0 Å². The van der Waals surface area contributed by atoms with Crippen LogP contribution in [0.3, 0.4) is 0 Å². The molecule has 0 aliphatic carbocycles. The second-order valence-corrected chi connectivity index (χ2v) is 5.24. The fraction of sp³-hybridized carbons (Fsp3) is 0.600. The standard InChI is InChI=1S/C15H21F3N2O/c1-2-21-11-3-5-20(6-4-11)14(9-19)10-7-12(16)15(18)13(17)8-10/h7-8,11,14H,2-6,9,19H2,1H3. The van der Waals surface area contributed by atoms with Gasteiger partial charge in [-0.25, -0.2) is 13.2 Å². The van der Waals surface area contributed by atoms with E-state index in [1.165, 1.54) is 0 Å². The number of ether oxygens (including phenoxy) is 1. The number of hydrogen-bond donors (Lipinski definition) is 1. The second kappa shape index (κ2) is 7.24. The number of nitrogens with zero attached hydrogens (tertiary/aromatic N) is 1. The summed E-state index contributed by atoms with van der Waals surface area (Å²) in [6.07, 6.45) is 1.94. The monoisotopic (exact) mass is 302 g/mol. The fourth-order valence-corrected chi connectivity index (χ4v) is 2.85. The van der Waals surface area contributed by atoms with Gasteiger partial charge in [-0.2, -0.15) is 0 Å². The van der Waals surface area contributed by atoms with Crippen molar-refractivity contribution in [3.63, 3.8) is 0 Å². The van der Waals surface area contributed by atoms with E-state index in [1.807, 2.05) is 6.92 Å². The average molecular weight is 302 g/mol. The van der Waals surface area contributed by atoms with Crippen molar-refractivity contribution in [3.05, 3.63) is 35.1 Å². The molecule has 1 unspecified atom stereocenters. The molecule has 21 heavy (non-hydrogen) atoms. The lowest BCUT2D eigenvalue weighted by Crippen LogP contribution is -2.42. The van der Waals surface area contributed by atoms with Crippen LogP contribution < -0.4 is 5.73 Å². The van der Waals surface area contributed by atoms with Crippen molar-refractivity contribution in [2.24, 2.45) is 5.73 Å². The summed E-state index contributed by atoms with van der Waals surface area (Å²) in [7, 11) is 0. The van der Waals surface area contributed by atoms with Crippen LogP contribution in [0.2, 0.25) is 0 Å². The summed E-state index contributed by atoms with van der Waals surface area (Å²) in [5.74, 6) is -3.79. The second-order valence-electron chi connectivity index (χ2n) is 5.24. The quantitative estimate of drug-likeness (QED) is 0.850. The molecule has 2 N–H and O–H groups in total. The van der Waals surface area contributed by atoms with Gasteiger partial charge >= 0.3 is 0 Å². The molecule has 0 radical (unpaired) electrons. The van der Waals surface area contributed by atoms with Crippen LogP contribution in [0.5, 0.6) is 0 Å². The van der Waals surface area contributed by atoms with Crippen molar-refractivity contribution in [1.82, 2.24) is 4.90 Å². The van der Waals surface area contributed by atoms with Gasteiger partial charge in [-0.15, -0.1) is 0 Å². The molecule has 1 atom stereocenters. The van der Waals surface area contributed by atoms with Crippen LogP contribution in [0.1, 0.15) is 31.4 Å². The molecular weight excluding hydrogens is 281 g/mol. The molecule has 0 aromatic heterocycles. The van der Waals surface area contributed by atoms with Gasteiger partial charge in [0.25, 0.3) is 0 Å². The van der Waals surface area contributed by atoms with Crippen LogP contribution in [-0.2, 0) is 4.74 Å². The van der Waals surface area contributed by atoms with Gasteiger partial charge in [-0.3, -0.25) is 4.90 Å². The molecule has 1 heterocycles. The highest BCUT2D eigenvalue weighted by atomic mass is 19.2. The van der Waals surface area contributed by atoms with E-state index in [0.29, 0.717) is 12.2 Å². The predicted octanol–water partition coefficient (Wildman–Crippen LogP) is 2.60. The first kappa shape index (κ1) is 16.3. The van der Waals surface area contributed by atoms with Gasteiger partial charge in [0.15, 0.2) is 17.5 Å². The zero-order valence-corrected chi connectivity index (χ0v) is 12.1. The molecule has 1 aromatic rings. The summed E-state index contributed by atoms with van der Waals surface area (Å²) < 4.78 is 45.4. The molecule has 1 aliphatic rings. The SMILES string of the molecule is CCOC1CCN(C(CN)c2cc(F)c(F)c(F)c2)CC1. The van der Waals surface area contributed by atoms with Crippen LogP contribution in [0, 0.1) is 17.5 Å². The van der Waals surface area contributed by atoms with E-state index < -0.39 is 17.5 Å². The third kappa shape index (κ3) is 3.75. The van der Waals surface area contributed by atoms with Gasteiger partial charge in [0.1, 0.15) is 0 Å². The summed E-state index contributed by atoms with van der Waals surface area (Å²) in [4.78, 5) is 2.07. The fourth-order valence-electron chi connectivity index (χ4n) is 2.85. The predicted molar refractivity (Wildman–Crippen MR) is 74.3 cm³/mol. The van der Waals surface area contributed by atoms with E-state index in [4.69, 9.17) is 10.5 Å². The minimum Gasteiger partial charge on any atom is -0.378 e. The van der Waals surface area contributed by atoms with Gasteiger partial charge in [-0.1, -0.05) is 0 Å². The van der Waals surface area contributed by atoms with Crippen LogP contribution in [0.4, 0.5) is 13.2 Å². The number of halogens is 3. The van der Waals surface area contributed by atoms with Crippen molar-refractivity contribution in [1.29, 1.82) is 0 Å². The van der Waals surface area contributed by atoms with Gasteiger partial charge < -0.3 is 10.5 Å². The van der Waals surface area contributed by atoms with E-state index >= 15 is 0 Å². The van der Waals surface area contributed by atoms with Crippen LogP contribution in [-0.4, -0.2) is 37.2 Å². The molecule has 0 amide bonds. The minimum atomic E-state index is -1.44. The Bertz CT molecular complexity index is 453. The molecule has 1 aliphatic heterocycles. The Hall–Kier alpha value is -1.11. The summed E-state index contributed by atoms with van der Waals surface area (Å²) in [5.41, 5.74) is 6.13. The van der Waals surface area contributed by atoms with Crippen molar-refractivity contribution >= 4 is 0 Å². The Kier molecular flexibility index (Phi) is 5.61. The minimum absolute atomic E-state index is 0.226. The average Bonchev–Trinajstić information content (AvgIpc) is 2.47. The largest absolute Gasteiger partial charge is 0.378 e. The van der Waals surface area contributed by atoms with E-state index in [1.54, 1.807) is 0 Å². The molecular formula is C15H21F3N2O. The number of rotatable bonds is 5. The Morgan fingerprint density at radius 2 is 1.81 bits per heavy atom. The summed E-state index contributed by atoms with van der Waals surface area (Å²) in [5, 5.41) is 0. The molecule has 6 heteroatoms. The molecule has 1 aromatic carbocycles. The molecule has 118 valence electrons. The smallest absolute Gasteiger partial charge is 0.194 e. The van der Waals surface area contributed by atoms with E-state index in [-0.39, 0.29) is 18.7 Å². The lowest BCUT2D eigenvalue weighted by Gasteiger charge is -2.37. The first-order chi connectivity index (χ1) is 10.1. The van der Waals surface area contributed by atoms with Crippen LogP contribution in [0.15, 0.2) is 12.1 Å². The topological polar surface area (TPSA) is 38.5 Å². The molecule has 0 spiro atoms. The van der Waals surface area contributed by atoms with Gasteiger partial charge in [0.2, 0.25) is 0 Å². The summed E-state index contributed by atoms with van der Waals surface area (Å²) in [6, 6.07) is 1.76. The first-order valence-corrected chi connectivity index (χ1v) is 7.27. The van der Waals surface area contributed by atoms with Gasteiger partial charge in [0.05, 0.1) is 6.10 Å². The normalized spacial score (nSPS) is 18.9. The number of benzene rings is 1. The van der Waals surface area contributed by atoms with E-state index in [2.05, 4.69) is 4.90 Å². The molecule has 1 fully saturated rings.